The predicted octanol–water partition coefficient (Wildman–Crippen LogP) is 3.77. The van der Waals surface area contributed by atoms with E-state index in [9.17, 15) is 4.79 Å². The van der Waals surface area contributed by atoms with Crippen molar-refractivity contribution in [1.82, 2.24) is 4.90 Å². The second kappa shape index (κ2) is 6.28. The Kier molecular flexibility index (Phi) is 4.70. The van der Waals surface area contributed by atoms with E-state index in [1.54, 1.807) is 0 Å². The third-order valence-corrected chi connectivity index (χ3v) is 3.88. The second-order valence-corrected chi connectivity index (χ2v) is 5.50. The first-order valence-electron chi connectivity index (χ1n) is 6.82. The summed E-state index contributed by atoms with van der Waals surface area (Å²) in [5, 5.41) is 0. The zero-order chi connectivity index (χ0) is 13.0. The highest BCUT2D eigenvalue weighted by Crippen LogP contribution is 2.23. The van der Waals surface area contributed by atoms with Crippen molar-refractivity contribution in [2.24, 2.45) is 0 Å². The Morgan fingerprint density at radius 1 is 1.44 bits per heavy atom. The van der Waals surface area contributed by atoms with Crippen LogP contribution in [-0.2, 0) is 0 Å². The van der Waals surface area contributed by atoms with Crippen LogP contribution in [0.2, 0.25) is 0 Å². The van der Waals surface area contributed by atoms with Gasteiger partial charge in [0.05, 0.1) is 0 Å². The predicted molar refractivity (Wildman–Crippen MR) is 77.3 cm³/mol. The zero-order valence-electron chi connectivity index (χ0n) is 10.9. The fourth-order valence-electron chi connectivity index (χ4n) is 2.71. The van der Waals surface area contributed by atoms with E-state index >= 15 is 0 Å². The van der Waals surface area contributed by atoms with Crippen molar-refractivity contribution in [1.29, 1.82) is 0 Å². The van der Waals surface area contributed by atoms with Crippen LogP contribution >= 0.6 is 12.6 Å². The molecule has 1 aliphatic rings. The molecule has 2 rings (SSSR count). The van der Waals surface area contributed by atoms with E-state index in [1.165, 1.54) is 6.42 Å². The van der Waals surface area contributed by atoms with Gasteiger partial charge in [0.15, 0.2) is 0 Å². The average molecular weight is 263 g/mol. The van der Waals surface area contributed by atoms with Gasteiger partial charge in [0.25, 0.3) is 5.91 Å². The monoisotopic (exact) mass is 263 g/mol. The molecule has 18 heavy (non-hydrogen) atoms. The van der Waals surface area contributed by atoms with Gasteiger partial charge in [0.1, 0.15) is 0 Å². The van der Waals surface area contributed by atoms with Crippen LogP contribution < -0.4 is 0 Å². The SMILES string of the molecule is CCCC1CCCCN1C(=O)c1cccc(S)c1. The number of hydrogen-bond donors (Lipinski definition) is 1. The number of nitrogens with zero attached hydrogens (tertiary/aromatic N) is 1. The van der Waals surface area contributed by atoms with Crippen molar-refractivity contribution >= 4 is 18.5 Å². The smallest absolute Gasteiger partial charge is 0.254 e. The minimum Gasteiger partial charge on any atom is -0.336 e. The number of benzene rings is 1. The molecule has 1 heterocycles. The first-order chi connectivity index (χ1) is 8.72. The van der Waals surface area contributed by atoms with Crippen LogP contribution in [0.25, 0.3) is 0 Å². The number of likely N-dealkylation sites (tertiary alicyclic amines) is 1. The fraction of sp³-hybridized carbons (Fsp3) is 0.533. The number of rotatable bonds is 3. The molecule has 1 fully saturated rings. The van der Waals surface area contributed by atoms with Gasteiger partial charge >= 0.3 is 0 Å². The Labute approximate surface area is 115 Å². The van der Waals surface area contributed by atoms with E-state index in [-0.39, 0.29) is 5.91 Å². The van der Waals surface area contributed by atoms with E-state index in [0.717, 1.165) is 42.7 Å². The average Bonchev–Trinajstić information content (AvgIpc) is 2.39. The molecule has 1 aliphatic heterocycles. The molecular formula is C15H21NOS. The van der Waals surface area contributed by atoms with E-state index in [4.69, 9.17) is 0 Å². The Morgan fingerprint density at radius 2 is 2.28 bits per heavy atom. The van der Waals surface area contributed by atoms with Crippen LogP contribution in [-0.4, -0.2) is 23.4 Å². The van der Waals surface area contributed by atoms with Crippen molar-refractivity contribution in [3.05, 3.63) is 29.8 Å². The lowest BCUT2D eigenvalue weighted by Crippen LogP contribution is -2.43. The molecule has 0 aliphatic carbocycles. The third kappa shape index (κ3) is 3.08. The number of hydrogen-bond acceptors (Lipinski definition) is 2. The first kappa shape index (κ1) is 13.5. The van der Waals surface area contributed by atoms with Gasteiger partial charge < -0.3 is 4.90 Å². The van der Waals surface area contributed by atoms with E-state index in [0.29, 0.717) is 6.04 Å². The fourth-order valence-corrected chi connectivity index (χ4v) is 2.93. The lowest BCUT2D eigenvalue weighted by molar-refractivity contribution is 0.0600. The maximum Gasteiger partial charge on any atom is 0.254 e. The van der Waals surface area contributed by atoms with Crippen LogP contribution in [0, 0.1) is 0 Å². The standard InChI is InChI=1S/C15H21NOS/c1-2-6-13-8-3-4-10-16(13)15(17)12-7-5-9-14(18)11-12/h5,7,9,11,13,18H,2-4,6,8,10H2,1H3. The van der Waals surface area contributed by atoms with Crippen molar-refractivity contribution in [3.63, 3.8) is 0 Å². The molecule has 0 bridgehead atoms. The van der Waals surface area contributed by atoms with Gasteiger partial charge in [-0.15, -0.1) is 12.6 Å². The summed E-state index contributed by atoms with van der Waals surface area (Å²) in [6, 6.07) is 7.98. The van der Waals surface area contributed by atoms with E-state index < -0.39 is 0 Å². The highest BCUT2D eigenvalue weighted by atomic mass is 32.1. The molecule has 0 saturated carbocycles. The summed E-state index contributed by atoms with van der Waals surface area (Å²) in [4.78, 5) is 15.4. The highest BCUT2D eigenvalue weighted by Gasteiger charge is 2.26. The molecule has 1 amide bonds. The maximum absolute atomic E-state index is 12.5. The molecule has 3 heteroatoms. The molecule has 1 aromatic rings. The molecule has 1 atom stereocenters. The van der Waals surface area contributed by atoms with Gasteiger partial charge in [0.2, 0.25) is 0 Å². The molecule has 98 valence electrons. The van der Waals surface area contributed by atoms with Gasteiger partial charge in [-0.1, -0.05) is 19.4 Å². The molecule has 1 aromatic carbocycles. The third-order valence-electron chi connectivity index (χ3n) is 3.60. The van der Waals surface area contributed by atoms with Crippen molar-refractivity contribution in [2.45, 2.75) is 50.0 Å². The van der Waals surface area contributed by atoms with Crippen LogP contribution in [0.4, 0.5) is 0 Å². The minimum atomic E-state index is 0.170. The number of piperidine rings is 1. The molecule has 1 unspecified atom stereocenters. The summed E-state index contributed by atoms with van der Waals surface area (Å²) in [6.07, 6.45) is 5.79. The number of thiol groups is 1. The maximum atomic E-state index is 12.5. The first-order valence-corrected chi connectivity index (χ1v) is 7.27. The quantitative estimate of drug-likeness (QED) is 0.823. The van der Waals surface area contributed by atoms with Gasteiger partial charge in [0, 0.05) is 23.0 Å². The Balaban J connectivity index is 2.15. The largest absolute Gasteiger partial charge is 0.336 e. The molecule has 0 radical (unpaired) electrons. The van der Waals surface area contributed by atoms with Crippen LogP contribution in [0.15, 0.2) is 29.2 Å². The topological polar surface area (TPSA) is 20.3 Å². The van der Waals surface area contributed by atoms with Crippen LogP contribution in [0.1, 0.15) is 49.4 Å². The summed E-state index contributed by atoms with van der Waals surface area (Å²) < 4.78 is 0. The van der Waals surface area contributed by atoms with Gasteiger partial charge in [-0.2, -0.15) is 0 Å². The molecular weight excluding hydrogens is 242 g/mol. The number of carbonyl (C=O) groups excluding carboxylic acids is 1. The van der Waals surface area contributed by atoms with E-state index in [1.807, 2.05) is 24.3 Å². The summed E-state index contributed by atoms with van der Waals surface area (Å²) in [5.74, 6) is 0.170. The van der Waals surface area contributed by atoms with E-state index in [2.05, 4.69) is 24.5 Å². The Morgan fingerprint density at radius 3 is 3.00 bits per heavy atom. The molecule has 0 N–H and O–H groups in total. The van der Waals surface area contributed by atoms with Crippen molar-refractivity contribution in [3.8, 4) is 0 Å². The number of amides is 1. The summed E-state index contributed by atoms with van der Waals surface area (Å²) in [5.41, 5.74) is 0.769. The summed E-state index contributed by atoms with van der Waals surface area (Å²) in [6.45, 7) is 3.09. The van der Waals surface area contributed by atoms with Gasteiger partial charge in [-0.3, -0.25) is 4.79 Å². The van der Waals surface area contributed by atoms with Gasteiger partial charge in [-0.05, 0) is 43.9 Å². The van der Waals surface area contributed by atoms with Crippen LogP contribution in [0.3, 0.4) is 0 Å². The van der Waals surface area contributed by atoms with Gasteiger partial charge in [-0.25, -0.2) is 0 Å². The molecule has 1 saturated heterocycles. The normalized spacial score (nSPS) is 19.9. The molecule has 2 nitrogen and oxygen atoms in total. The lowest BCUT2D eigenvalue weighted by atomic mass is 9.97. The minimum absolute atomic E-state index is 0.170. The van der Waals surface area contributed by atoms with Crippen molar-refractivity contribution in [2.75, 3.05) is 6.54 Å². The Bertz CT molecular complexity index is 417. The lowest BCUT2D eigenvalue weighted by Gasteiger charge is -2.36. The van der Waals surface area contributed by atoms with Crippen LogP contribution in [0.5, 0.6) is 0 Å². The zero-order valence-corrected chi connectivity index (χ0v) is 11.8. The summed E-state index contributed by atoms with van der Waals surface area (Å²) in [7, 11) is 0. The molecule has 0 spiro atoms. The Hall–Kier alpha value is -0.960. The van der Waals surface area contributed by atoms with Crippen molar-refractivity contribution < 1.29 is 4.79 Å². The second-order valence-electron chi connectivity index (χ2n) is 4.99. The summed E-state index contributed by atoms with van der Waals surface area (Å²) >= 11 is 4.31. The highest BCUT2D eigenvalue weighted by molar-refractivity contribution is 7.80. The number of carbonyl (C=O) groups is 1. The molecule has 0 aromatic heterocycles.